The zero-order chi connectivity index (χ0) is 13.9. The van der Waals surface area contributed by atoms with Gasteiger partial charge in [-0.05, 0) is 28.6 Å². The molecule has 1 fully saturated rings. The maximum Gasteiger partial charge on any atom is 0.182 e. The first-order chi connectivity index (χ1) is 9.74. The fraction of sp³-hybridized carbons (Fsp3) is 0.417. The average Bonchev–Trinajstić information content (AvgIpc) is 2.91. The lowest BCUT2D eigenvalue weighted by Crippen LogP contribution is -2.32. The van der Waals surface area contributed by atoms with Crippen LogP contribution in [0, 0.1) is 5.82 Å². The highest BCUT2D eigenvalue weighted by Gasteiger charge is 2.19. The summed E-state index contributed by atoms with van der Waals surface area (Å²) in [5, 5.41) is 11.5. The van der Waals surface area contributed by atoms with Crippen molar-refractivity contribution in [2.24, 2.45) is 0 Å². The van der Waals surface area contributed by atoms with Gasteiger partial charge in [0.2, 0.25) is 0 Å². The molecule has 0 saturated carbocycles. The lowest BCUT2D eigenvalue weighted by Gasteiger charge is -2.22. The molecule has 3 rings (SSSR count). The molecule has 0 radical (unpaired) electrons. The number of hydrogen-bond donors (Lipinski definition) is 1. The Balaban J connectivity index is 1.83. The van der Waals surface area contributed by atoms with Crippen molar-refractivity contribution in [3.05, 3.63) is 24.0 Å². The van der Waals surface area contributed by atoms with Gasteiger partial charge in [-0.15, -0.1) is 5.10 Å². The molecule has 1 atom stereocenters. The van der Waals surface area contributed by atoms with E-state index < -0.39 is 5.82 Å². The molecule has 1 saturated heterocycles. The van der Waals surface area contributed by atoms with Crippen LogP contribution in [-0.4, -0.2) is 46.1 Å². The van der Waals surface area contributed by atoms with Crippen molar-refractivity contribution in [2.75, 3.05) is 25.6 Å². The fourth-order valence-electron chi connectivity index (χ4n) is 2.04. The van der Waals surface area contributed by atoms with Gasteiger partial charge in [-0.3, -0.25) is 0 Å². The zero-order valence-corrected chi connectivity index (χ0v) is 10.7. The van der Waals surface area contributed by atoms with Gasteiger partial charge in [0.15, 0.2) is 5.82 Å². The highest BCUT2D eigenvalue weighted by molar-refractivity contribution is 5.59. The van der Waals surface area contributed by atoms with Gasteiger partial charge in [0.25, 0.3) is 0 Å². The summed E-state index contributed by atoms with van der Waals surface area (Å²) in [4.78, 5) is 0. The van der Waals surface area contributed by atoms with E-state index in [4.69, 9.17) is 15.2 Å². The molecule has 106 valence electrons. The van der Waals surface area contributed by atoms with Gasteiger partial charge >= 0.3 is 0 Å². The number of hydrogen-bond acceptors (Lipinski definition) is 6. The van der Waals surface area contributed by atoms with Gasteiger partial charge in [-0.2, -0.15) is 0 Å². The highest BCUT2D eigenvalue weighted by atomic mass is 19.1. The molecule has 20 heavy (non-hydrogen) atoms. The molecule has 0 spiro atoms. The minimum Gasteiger partial charge on any atom is -0.396 e. The van der Waals surface area contributed by atoms with Crippen molar-refractivity contribution in [2.45, 2.75) is 12.6 Å². The van der Waals surface area contributed by atoms with Crippen LogP contribution in [0.2, 0.25) is 0 Å². The number of ether oxygens (including phenoxy) is 2. The Labute approximate surface area is 114 Å². The molecular weight excluding hydrogens is 265 g/mol. The number of anilines is 1. The number of aromatic nitrogens is 4. The topological polar surface area (TPSA) is 88.1 Å². The second kappa shape index (κ2) is 5.51. The molecule has 2 aromatic rings. The van der Waals surface area contributed by atoms with E-state index in [-0.39, 0.29) is 11.8 Å². The van der Waals surface area contributed by atoms with Crippen molar-refractivity contribution in [3.63, 3.8) is 0 Å². The van der Waals surface area contributed by atoms with Crippen molar-refractivity contribution < 1.29 is 13.9 Å². The van der Waals surface area contributed by atoms with Crippen LogP contribution in [0.25, 0.3) is 11.4 Å². The molecule has 1 aromatic heterocycles. The number of nitrogens with zero attached hydrogens (tertiary/aromatic N) is 4. The van der Waals surface area contributed by atoms with E-state index in [1.807, 2.05) is 0 Å². The summed E-state index contributed by atoms with van der Waals surface area (Å²) >= 11 is 0. The molecule has 1 aromatic carbocycles. The Morgan fingerprint density at radius 3 is 3.05 bits per heavy atom. The monoisotopic (exact) mass is 279 g/mol. The van der Waals surface area contributed by atoms with E-state index in [1.54, 1.807) is 10.7 Å². The molecule has 0 aliphatic carbocycles. The molecule has 1 aliphatic heterocycles. The number of benzene rings is 1. The SMILES string of the molecule is Nc1ccc(-c2nnnn2CC2COCCO2)cc1F. The first kappa shape index (κ1) is 12.9. The molecule has 1 unspecified atom stereocenters. The largest absolute Gasteiger partial charge is 0.396 e. The first-order valence-electron chi connectivity index (χ1n) is 6.25. The van der Waals surface area contributed by atoms with Gasteiger partial charge in [0.1, 0.15) is 11.9 Å². The van der Waals surface area contributed by atoms with Gasteiger partial charge in [0.05, 0.1) is 32.1 Å². The van der Waals surface area contributed by atoms with Crippen molar-refractivity contribution in [3.8, 4) is 11.4 Å². The fourth-order valence-corrected chi connectivity index (χ4v) is 2.04. The molecule has 0 amide bonds. The molecular formula is C12H14FN5O2. The average molecular weight is 279 g/mol. The maximum atomic E-state index is 13.5. The van der Waals surface area contributed by atoms with Crippen LogP contribution in [0.1, 0.15) is 0 Å². The van der Waals surface area contributed by atoms with E-state index in [9.17, 15) is 4.39 Å². The molecule has 1 aliphatic rings. The lowest BCUT2D eigenvalue weighted by molar-refractivity contribution is -0.0946. The molecule has 7 nitrogen and oxygen atoms in total. The van der Waals surface area contributed by atoms with Gasteiger partial charge in [-0.1, -0.05) is 0 Å². The van der Waals surface area contributed by atoms with Gasteiger partial charge in [0, 0.05) is 5.56 Å². The van der Waals surface area contributed by atoms with Crippen LogP contribution in [0.3, 0.4) is 0 Å². The number of nitrogens with two attached hydrogens (primary N) is 1. The minimum atomic E-state index is -0.491. The van der Waals surface area contributed by atoms with Crippen LogP contribution >= 0.6 is 0 Å². The standard InChI is InChI=1S/C12H14FN5O2/c13-10-5-8(1-2-11(10)14)12-15-16-17-18(12)6-9-7-19-3-4-20-9/h1-2,5,9H,3-4,6-7,14H2. The van der Waals surface area contributed by atoms with Crippen molar-refractivity contribution in [1.82, 2.24) is 20.2 Å². The van der Waals surface area contributed by atoms with E-state index in [1.165, 1.54) is 12.1 Å². The highest BCUT2D eigenvalue weighted by Crippen LogP contribution is 2.21. The Kier molecular flexibility index (Phi) is 3.57. The summed E-state index contributed by atoms with van der Waals surface area (Å²) in [7, 11) is 0. The van der Waals surface area contributed by atoms with Crippen LogP contribution in [-0.2, 0) is 16.0 Å². The van der Waals surface area contributed by atoms with Gasteiger partial charge < -0.3 is 15.2 Å². The van der Waals surface area contributed by atoms with Gasteiger partial charge in [-0.25, -0.2) is 9.07 Å². The Hall–Kier alpha value is -2.06. The normalized spacial score (nSPS) is 19.1. The van der Waals surface area contributed by atoms with Crippen LogP contribution < -0.4 is 5.73 Å². The second-order valence-electron chi connectivity index (χ2n) is 4.49. The number of tetrazole rings is 1. The van der Waals surface area contributed by atoms with E-state index in [0.717, 1.165) is 0 Å². The summed E-state index contributed by atoms with van der Waals surface area (Å²) < 4.78 is 26.0. The minimum absolute atomic E-state index is 0.0942. The van der Waals surface area contributed by atoms with Crippen LogP contribution in [0.5, 0.6) is 0 Å². The van der Waals surface area contributed by atoms with Crippen LogP contribution in [0.4, 0.5) is 10.1 Å². The Morgan fingerprint density at radius 1 is 1.40 bits per heavy atom. The number of halogens is 1. The lowest BCUT2D eigenvalue weighted by atomic mass is 10.2. The smallest absolute Gasteiger partial charge is 0.182 e. The predicted molar refractivity (Wildman–Crippen MR) is 68.2 cm³/mol. The molecule has 0 bridgehead atoms. The Morgan fingerprint density at radius 2 is 2.30 bits per heavy atom. The summed E-state index contributed by atoms with van der Waals surface area (Å²) in [5.74, 6) is -0.0210. The summed E-state index contributed by atoms with van der Waals surface area (Å²) in [6, 6.07) is 4.48. The third-order valence-electron chi connectivity index (χ3n) is 3.05. The van der Waals surface area contributed by atoms with Crippen molar-refractivity contribution in [1.29, 1.82) is 0 Å². The second-order valence-corrected chi connectivity index (χ2v) is 4.49. The number of rotatable bonds is 3. The predicted octanol–water partition coefficient (Wildman–Crippen LogP) is 0.477. The summed E-state index contributed by atoms with van der Waals surface area (Å²) in [5.41, 5.74) is 6.12. The van der Waals surface area contributed by atoms with Crippen LogP contribution in [0.15, 0.2) is 18.2 Å². The Bertz CT molecular complexity index is 597. The molecule has 8 heteroatoms. The molecule has 2 heterocycles. The summed E-state index contributed by atoms with van der Waals surface area (Å²) in [6.07, 6.45) is -0.107. The first-order valence-corrected chi connectivity index (χ1v) is 6.25. The van der Waals surface area contributed by atoms with E-state index in [2.05, 4.69) is 15.5 Å². The zero-order valence-electron chi connectivity index (χ0n) is 10.7. The summed E-state index contributed by atoms with van der Waals surface area (Å²) in [6.45, 7) is 2.10. The molecule has 2 N–H and O–H groups in total. The quantitative estimate of drug-likeness (QED) is 0.822. The van der Waals surface area contributed by atoms with E-state index in [0.29, 0.717) is 37.8 Å². The maximum absolute atomic E-state index is 13.5. The van der Waals surface area contributed by atoms with E-state index >= 15 is 0 Å². The van der Waals surface area contributed by atoms with Crippen molar-refractivity contribution >= 4 is 5.69 Å². The number of nitrogen functional groups attached to an aromatic ring is 1. The third-order valence-corrected chi connectivity index (χ3v) is 3.05. The third kappa shape index (κ3) is 2.61.